The van der Waals surface area contributed by atoms with Gasteiger partial charge in [-0.2, -0.15) is 0 Å². The monoisotopic (exact) mass is 314 g/mol. The van der Waals surface area contributed by atoms with Crippen molar-refractivity contribution in [3.8, 4) is 0 Å². The summed E-state index contributed by atoms with van der Waals surface area (Å²) in [5.74, 6) is 0.912. The van der Waals surface area contributed by atoms with Crippen LogP contribution in [-0.2, 0) is 18.4 Å². The van der Waals surface area contributed by atoms with Gasteiger partial charge in [-0.25, -0.2) is 15.0 Å². The summed E-state index contributed by atoms with van der Waals surface area (Å²) in [6, 6.07) is 0. The first-order valence-corrected chi connectivity index (χ1v) is 8.99. The normalized spacial score (nSPS) is 24.8. The zero-order valence-corrected chi connectivity index (χ0v) is 14.1. The maximum Gasteiger partial charge on any atom is 0.125 e. The molecule has 1 saturated heterocycles. The Morgan fingerprint density at radius 1 is 1.27 bits per heavy atom. The lowest BCUT2D eigenvalue weighted by atomic mass is 9.77. The number of fused-ring (bicyclic) bond motifs is 2. The zero-order chi connectivity index (χ0) is 15.2. The average molecular weight is 314 g/mol. The fourth-order valence-corrected chi connectivity index (χ4v) is 4.89. The quantitative estimate of drug-likeness (QED) is 0.854. The smallest absolute Gasteiger partial charge is 0.125 e. The SMILES string of the molecule is Cc1ncc2c(n1)C1(CCCN(Cc3scnc3C)C1)CC2. The molecular formula is C17H22N4S. The lowest BCUT2D eigenvalue weighted by Crippen LogP contribution is -2.45. The molecule has 22 heavy (non-hydrogen) atoms. The summed E-state index contributed by atoms with van der Waals surface area (Å²) < 4.78 is 0. The zero-order valence-electron chi connectivity index (χ0n) is 13.3. The van der Waals surface area contributed by atoms with Crippen LogP contribution in [0, 0.1) is 13.8 Å². The fourth-order valence-electron chi connectivity index (χ4n) is 4.07. The van der Waals surface area contributed by atoms with Gasteiger partial charge >= 0.3 is 0 Å². The summed E-state index contributed by atoms with van der Waals surface area (Å²) in [7, 11) is 0. The van der Waals surface area contributed by atoms with E-state index in [1.54, 1.807) is 11.3 Å². The second-order valence-corrected chi connectivity index (χ2v) is 7.69. The van der Waals surface area contributed by atoms with E-state index in [1.165, 1.54) is 47.6 Å². The van der Waals surface area contributed by atoms with Crippen LogP contribution in [0.3, 0.4) is 0 Å². The first-order valence-electron chi connectivity index (χ1n) is 8.11. The topological polar surface area (TPSA) is 41.9 Å². The summed E-state index contributed by atoms with van der Waals surface area (Å²) in [4.78, 5) is 17.6. The van der Waals surface area contributed by atoms with Gasteiger partial charge in [-0.05, 0) is 51.6 Å². The molecule has 4 nitrogen and oxygen atoms in total. The van der Waals surface area contributed by atoms with Crippen LogP contribution >= 0.6 is 11.3 Å². The van der Waals surface area contributed by atoms with E-state index in [9.17, 15) is 0 Å². The van der Waals surface area contributed by atoms with Crippen LogP contribution in [0.5, 0.6) is 0 Å². The molecule has 2 aromatic rings. The predicted octanol–water partition coefficient (Wildman–Crippen LogP) is 3.03. The Balaban J connectivity index is 1.59. The number of piperidine rings is 1. The molecule has 116 valence electrons. The molecule has 0 radical (unpaired) electrons. The van der Waals surface area contributed by atoms with Gasteiger partial charge in [-0.15, -0.1) is 11.3 Å². The van der Waals surface area contributed by atoms with E-state index in [-0.39, 0.29) is 5.41 Å². The van der Waals surface area contributed by atoms with Crippen molar-refractivity contribution in [2.45, 2.75) is 51.5 Å². The van der Waals surface area contributed by atoms with Gasteiger partial charge < -0.3 is 0 Å². The fraction of sp³-hybridized carbons (Fsp3) is 0.588. The minimum absolute atomic E-state index is 0.264. The summed E-state index contributed by atoms with van der Waals surface area (Å²) in [6.07, 6.45) is 6.97. The molecule has 1 unspecified atom stereocenters. The third kappa shape index (κ3) is 2.36. The molecule has 1 spiro atoms. The molecule has 1 aliphatic carbocycles. The highest BCUT2D eigenvalue weighted by molar-refractivity contribution is 7.09. The summed E-state index contributed by atoms with van der Waals surface area (Å²) in [6.45, 7) is 7.49. The van der Waals surface area contributed by atoms with Crippen LogP contribution in [0.4, 0.5) is 0 Å². The number of hydrogen-bond acceptors (Lipinski definition) is 5. The second kappa shape index (κ2) is 5.39. The Morgan fingerprint density at radius 3 is 3.00 bits per heavy atom. The number of rotatable bonds is 2. The molecule has 1 aliphatic heterocycles. The van der Waals surface area contributed by atoms with E-state index in [1.807, 2.05) is 12.4 Å². The second-order valence-electron chi connectivity index (χ2n) is 6.75. The Morgan fingerprint density at radius 2 is 2.18 bits per heavy atom. The van der Waals surface area contributed by atoms with Crippen LogP contribution in [0.1, 0.15) is 46.9 Å². The highest BCUT2D eigenvalue weighted by atomic mass is 32.1. The number of thiazole rings is 1. The third-order valence-electron chi connectivity index (χ3n) is 5.23. The van der Waals surface area contributed by atoms with Crippen molar-refractivity contribution in [3.63, 3.8) is 0 Å². The van der Waals surface area contributed by atoms with Gasteiger partial charge in [0, 0.05) is 29.6 Å². The van der Waals surface area contributed by atoms with Crippen LogP contribution in [-0.4, -0.2) is 32.9 Å². The number of aryl methyl sites for hydroxylation is 3. The molecule has 2 aliphatic rings. The molecule has 0 saturated carbocycles. The first-order chi connectivity index (χ1) is 10.7. The maximum absolute atomic E-state index is 4.83. The number of hydrogen-bond donors (Lipinski definition) is 0. The molecule has 0 amide bonds. The van der Waals surface area contributed by atoms with E-state index >= 15 is 0 Å². The van der Waals surface area contributed by atoms with E-state index < -0.39 is 0 Å². The van der Waals surface area contributed by atoms with Gasteiger partial charge in [0.1, 0.15) is 5.82 Å². The molecule has 3 heterocycles. The highest BCUT2D eigenvalue weighted by Gasteiger charge is 2.43. The van der Waals surface area contributed by atoms with Crippen molar-refractivity contribution >= 4 is 11.3 Å². The Bertz CT molecular complexity index is 692. The average Bonchev–Trinajstić information content (AvgIpc) is 3.05. The van der Waals surface area contributed by atoms with Crippen molar-refractivity contribution in [1.82, 2.24) is 19.9 Å². The van der Waals surface area contributed by atoms with Gasteiger partial charge in [0.25, 0.3) is 0 Å². The van der Waals surface area contributed by atoms with Gasteiger partial charge in [0.15, 0.2) is 0 Å². The van der Waals surface area contributed by atoms with Gasteiger partial charge in [0.05, 0.1) is 16.9 Å². The van der Waals surface area contributed by atoms with Crippen molar-refractivity contribution in [2.24, 2.45) is 0 Å². The molecule has 1 fully saturated rings. The Kier molecular flexibility index (Phi) is 3.50. The lowest BCUT2D eigenvalue weighted by Gasteiger charge is -2.40. The molecular weight excluding hydrogens is 292 g/mol. The van der Waals surface area contributed by atoms with E-state index in [0.29, 0.717) is 0 Å². The van der Waals surface area contributed by atoms with Crippen molar-refractivity contribution in [3.05, 3.63) is 39.4 Å². The van der Waals surface area contributed by atoms with Crippen LogP contribution in [0.15, 0.2) is 11.7 Å². The Labute approximate surface area is 135 Å². The molecule has 1 atom stereocenters. The van der Waals surface area contributed by atoms with Crippen molar-refractivity contribution < 1.29 is 0 Å². The van der Waals surface area contributed by atoms with Crippen LogP contribution in [0.25, 0.3) is 0 Å². The Hall–Kier alpha value is -1.33. The molecule has 0 N–H and O–H groups in total. The van der Waals surface area contributed by atoms with Crippen LogP contribution in [0.2, 0.25) is 0 Å². The highest BCUT2D eigenvalue weighted by Crippen LogP contribution is 2.44. The molecule has 0 bridgehead atoms. The standard InChI is InChI=1S/C17H22N4S/c1-12-15(22-11-19-12)9-21-7-3-5-17(10-21)6-4-14-8-18-13(2)20-16(14)17/h8,11H,3-7,9-10H2,1-2H3. The van der Waals surface area contributed by atoms with Gasteiger partial charge in [0.2, 0.25) is 0 Å². The summed E-state index contributed by atoms with van der Waals surface area (Å²) in [5.41, 5.74) is 6.13. The number of nitrogens with zero attached hydrogens (tertiary/aromatic N) is 4. The van der Waals surface area contributed by atoms with Crippen molar-refractivity contribution in [2.75, 3.05) is 13.1 Å². The maximum atomic E-state index is 4.83. The molecule has 0 aromatic carbocycles. The summed E-state index contributed by atoms with van der Waals surface area (Å²) >= 11 is 1.78. The minimum Gasteiger partial charge on any atom is -0.297 e. The largest absolute Gasteiger partial charge is 0.297 e. The number of likely N-dealkylation sites (tertiary alicyclic amines) is 1. The van der Waals surface area contributed by atoms with Crippen molar-refractivity contribution in [1.29, 1.82) is 0 Å². The molecule has 2 aromatic heterocycles. The van der Waals surface area contributed by atoms with Crippen LogP contribution < -0.4 is 0 Å². The lowest BCUT2D eigenvalue weighted by molar-refractivity contribution is 0.137. The van der Waals surface area contributed by atoms with Gasteiger partial charge in [-0.1, -0.05) is 0 Å². The first kappa shape index (κ1) is 14.3. The predicted molar refractivity (Wildman–Crippen MR) is 88.1 cm³/mol. The third-order valence-corrected chi connectivity index (χ3v) is 6.15. The minimum atomic E-state index is 0.264. The van der Waals surface area contributed by atoms with E-state index in [2.05, 4.69) is 28.0 Å². The molecule has 5 heteroatoms. The summed E-state index contributed by atoms with van der Waals surface area (Å²) in [5, 5.41) is 0. The molecule has 4 rings (SSSR count). The van der Waals surface area contributed by atoms with E-state index in [0.717, 1.165) is 25.3 Å². The number of aromatic nitrogens is 3. The van der Waals surface area contributed by atoms with Gasteiger partial charge in [-0.3, -0.25) is 4.90 Å². The van der Waals surface area contributed by atoms with E-state index in [4.69, 9.17) is 4.98 Å².